The molecular formula is C21H19ClN4O2. The van der Waals surface area contributed by atoms with Gasteiger partial charge in [-0.3, -0.25) is 9.59 Å². The molecule has 1 heterocycles. The van der Waals surface area contributed by atoms with E-state index >= 15 is 0 Å². The summed E-state index contributed by atoms with van der Waals surface area (Å²) in [4.78, 5) is 27.8. The van der Waals surface area contributed by atoms with Gasteiger partial charge in [-0.05, 0) is 55.0 Å². The Morgan fingerprint density at radius 3 is 2.39 bits per heavy atom. The Kier molecular flexibility index (Phi) is 5.91. The lowest BCUT2D eigenvalue weighted by atomic mass is 10.2. The second-order valence-corrected chi connectivity index (χ2v) is 6.59. The maximum atomic E-state index is 12.4. The number of nitrogens with one attached hydrogen (secondary N) is 3. The van der Waals surface area contributed by atoms with Gasteiger partial charge in [-0.2, -0.15) is 0 Å². The number of halogens is 1. The molecule has 0 fully saturated rings. The SMILES string of the molecule is CC(=O)Nc1cccc(Nc2ccc(C(=O)Nc3cccc(Cl)c3C)nc2)c1. The summed E-state index contributed by atoms with van der Waals surface area (Å²) in [5, 5.41) is 9.32. The van der Waals surface area contributed by atoms with Crippen LogP contribution in [0, 0.1) is 6.92 Å². The minimum atomic E-state index is -0.315. The van der Waals surface area contributed by atoms with Crippen LogP contribution in [0.5, 0.6) is 0 Å². The molecular weight excluding hydrogens is 376 g/mol. The number of anilines is 4. The van der Waals surface area contributed by atoms with Crippen LogP contribution in [0.25, 0.3) is 0 Å². The number of pyridine rings is 1. The highest BCUT2D eigenvalue weighted by atomic mass is 35.5. The van der Waals surface area contributed by atoms with Crippen molar-refractivity contribution in [2.24, 2.45) is 0 Å². The minimum Gasteiger partial charge on any atom is -0.354 e. The summed E-state index contributed by atoms with van der Waals surface area (Å²) >= 11 is 6.08. The molecule has 0 atom stereocenters. The van der Waals surface area contributed by atoms with E-state index in [2.05, 4.69) is 20.9 Å². The summed E-state index contributed by atoms with van der Waals surface area (Å²) in [5.74, 6) is -0.450. The van der Waals surface area contributed by atoms with E-state index in [1.54, 1.807) is 42.6 Å². The Hall–Kier alpha value is -3.38. The lowest BCUT2D eigenvalue weighted by Crippen LogP contribution is -2.14. The fourth-order valence-electron chi connectivity index (χ4n) is 2.58. The first-order valence-corrected chi connectivity index (χ1v) is 8.97. The number of benzene rings is 2. The minimum absolute atomic E-state index is 0.135. The van der Waals surface area contributed by atoms with Crippen molar-refractivity contribution in [1.29, 1.82) is 0 Å². The third kappa shape index (κ3) is 4.86. The van der Waals surface area contributed by atoms with E-state index in [0.29, 0.717) is 16.4 Å². The summed E-state index contributed by atoms with van der Waals surface area (Å²) in [6, 6.07) is 16.0. The zero-order valence-electron chi connectivity index (χ0n) is 15.4. The number of carbonyl (C=O) groups is 2. The van der Waals surface area contributed by atoms with E-state index in [4.69, 9.17) is 11.6 Å². The van der Waals surface area contributed by atoms with Gasteiger partial charge < -0.3 is 16.0 Å². The van der Waals surface area contributed by atoms with Gasteiger partial charge in [0.05, 0.1) is 11.9 Å². The first-order chi connectivity index (χ1) is 13.4. The van der Waals surface area contributed by atoms with Gasteiger partial charge in [-0.25, -0.2) is 4.98 Å². The van der Waals surface area contributed by atoms with Crippen LogP contribution in [0.3, 0.4) is 0 Å². The fraction of sp³-hybridized carbons (Fsp3) is 0.0952. The molecule has 0 saturated carbocycles. The number of nitrogens with zero attached hydrogens (tertiary/aromatic N) is 1. The van der Waals surface area contributed by atoms with Crippen molar-refractivity contribution in [1.82, 2.24) is 4.98 Å². The van der Waals surface area contributed by atoms with Crippen molar-refractivity contribution in [3.05, 3.63) is 77.1 Å². The molecule has 0 bridgehead atoms. The molecule has 1 aromatic heterocycles. The second kappa shape index (κ2) is 8.54. The molecule has 3 rings (SSSR count). The molecule has 0 aliphatic heterocycles. The Labute approximate surface area is 168 Å². The van der Waals surface area contributed by atoms with Crippen LogP contribution in [0.1, 0.15) is 23.0 Å². The zero-order valence-corrected chi connectivity index (χ0v) is 16.2. The summed E-state index contributed by atoms with van der Waals surface area (Å²) in [7, 11) is 0. The first-order valence-electron chi connectivity index (χ1n) is 8.59. The molecule has 0 aliphatic rings. The molecule has 6 nitrogen and oxygen atoms in total. The highest BCUT2D eigenvalue weighted by Gasteiger charge is 2.10. The molecule has 3 aromatic rings. The smallest absolute Gasteiger partial charge is 0.274 e. The van der Waals surface area contributed by atoms with Crippen molar-refractivity contribution in [3.63, 3.8) is 0 Å². The molecule has 7 heteroatoms. The van der Waals surface area contributed by atoms with Crippen LogP contribution in [-0.2, 0) is 4.79 Å². The lowest BCUT2D eigenvalue weighted by Gasteiger charge is -2.10. The Balaban J connectivity index is 1.69. The van der Waals surface area contributed by atoms with E-state index in [1.165, 1.54) is 6.92 Å². The molecule has 3 N–H and O–H groups in total. The van der Waals surface area contributed by atoms with Crippen LogP contribution in [0.15, 0.2) is 60.8 Å². The van der Waals surface area contributed by atoms with Gasteiger partial charge in [0, 0.05) is 29.0 Å². The molecule has 2 aromatic carbocycles. The van der Waals surface area contributed by atoms with Crippen molar-refractivity contribution in [3.8, 4) is 0 Å². The molecule has 0 unspecified atom stereocenters. The molecule has 0 radical (unpaired) electrons. The zero-order chi connectivity index (χ0) is 20.1. The van der Waals surface area contributed by atoms with E-state index < -0.39 is 0 Å². The Morgan fingerprint density at radius 2 is 1.68 bits per heavy atom. The van der Waals surface area contributed by atoms with Crippen LogP contribution in [0.2, 0.25) is 5.02 Å². The quantitative estimate of drug-likeness (QED) is 0.568. The number of aromatic nitrogens is 1. The third-order valence-corrected chi connectivity index (χ3v) is 4.39. The van der Waals surface area contributed by atoms with Gasteiger partial charge in [0.25, 0.3) is 5.91 Å². The number of hydrogen-bond acceptors (Lipinski definition) is 4. The predicted molar refractivity (Wildman–Crippen MR) is 112 cm³/mol. The fourth-order valence-corrected chi connectivity index (χ4v) is 2.75. The number of carbonyl (C=O) groups excluding carboxylic acids is 2. The number of hydrogen-bond donors (Lipinski definition) is 3. The van der Waals surface area contributed by atoms with Gasteiger partial charge in [-0.15, -0.1) is 0 Å². The third-order valence-electron chi connectivity index (χ3n) is 3.98. The molecule has 2 amide bonds. The average molecular weight is 395 g/mol. The first kappa shape index (κ1) is 19.4. The predicted octanol–water partition coefficient (Wildman–Crippen LogP) is 5.00. The maximum absolute atomic E-state index is 12.4. The highest BCUT2D eigenvalue weighted by Crippen LogP contribution is 2.24. The number of rotatable bonds is 5. The van der Waals surface area contributed by atoms with E-state index in [0.717, 1.165) is 16.9 Å². The molecule has 0 spiro atoms. The molecule has 28 heavy (non-hydrogen) atoms. The summed E-state index contributed by atoms with van der Waals surface area (Å²) in [6.45, 7) is 3.30. The second-order valence-electron chi connectivity index (χ2n) is 6.19. The van der Waals surface area contributed by atoms with E-state index in [9.17, 15) is 9.59 Å². The Bertz CT molecular complexity index is 1020. The summed E-state index contributed by atoms with van der Waals surface area (Å²) in [5.41, 5.74) is 3.94. The van der Waals surface area contributed by atoms with Crippen LogP contribution in [0.4, 0.5) is 22.7 Å². The summed E-state index contributed by atoms with van der Waals surface area (Å²) in [6.07, 6.45) is 1.57. The van der Waals surface area contributed by atoms with Gasteiger partial charge in [0.1, 0.15) is 5.69 Å². The maximum Gasteiger partial charge on any atom is 0.274 e. The van der Waals surface area contributed by atoms with Crippen LogP contribution in [-0.4, -0.2) is 16.8 Å². The van der Waals surface area contributed by atoms with Crippen molar-refractivity contribution < 1.29 is 9.59 Å². The van der Waals surface area contributed by atoms with E-state index in [-0.39, 0.29) is 17.5 Å². The monoisotopic (exact) mass is 394 g/mol. The standard InChI is InChI=1S/C21H19ClN4O2/c1-13-18(22)7-4-8-19(13)26-21(28)20-10-9-17(12-23-20)25-16-6-3-5-15(11-16)24-14(2)27/h3-12,25H,1-2H3,(H,24,27)(H,26,28). The van der Waals surface area contributed by atoms with Crippen molar-refractivity contribution in [2.75, 3.05) is 16.0 Å². The average Bonchev–Trinajstić information content (AvgIpc) is 2.66. The van der Waals surface area contributed by atoms with Gasteiger partial charge >= 0.3 is 0 Å². The normalized spacial score (nSPS) is 10.2. The van der Waals surface area contributed by atoms with Crippen LogP contribution >= 0.6 is 11.6 Å². The highest BCUT2D eigenvalue weighted by molar-refractivity contribution is 6.31. The lowest BCUT2D eigenvalue weighted by molar-refractivity contribution is -0.114. The van der Waals surface area contributed by atoms with Gasteiger partial charge in [0.2, 0.25) is 5.91 Å². The molecule has 0 aliphatic carbocycles. The number of amides is 2. The summed E-state index contributed by atoms with van der Waals surface area (Å²) < 4.78 is 0. The van der Waals surface area contributed by atoms with Gasteiger partial charge in [-0.1, -0.05) is 23.7 Å². The van der Waals surface area contributed by atoms with Crippen molar-refractivity contribution >= 4 is 46.2 Å². The molecule has 142 valence electrons. The topological polar surface area (TPSA) is 83.1 Å². The van der Waals surface area contributed by atoms with Crippen LogP contribution < -0.4 is 16.0 Å². The largest absolute Gasteiger partial charge is 0.354 e. The van der Waals surface area contributed by atoms with Crippen molar-refractivity contribution in [2.45, 2.75) is 13.8 Å². The van der Waals surface area contributed by atoms with Gasteiger partial charge in [0.15, 0.2) is 0 Å². The molecule has 0 saturated heterocycles. The van der Waals surface area contributed by atoms with E-state index in [1.807, 2.05) is 25.1 Å². The Morgan fingerprint density at radius 1 is 0.929 bits per heavy atom.